The molecule has 1 saturated carbocycles. The highest BCUT2D eigenvalue weighted by molar-refractivity contribution is 8.02. The smallest absolute Gasteiger partial charge is 0.387 e. The summed E-state index contributed by atoms with van der Waals surface area (Å²) in [5, 5.41) is 4.09. The summed E-state index contributed by atoms with van der Waals surface area (Å²) >= 11 is 13.9. The molecule has 0 N–H and O–H groups in total. The van der Waals surface area contributed by atoms with Gasteiger partial charge < -0.3 is 14.2 Å². The Morgan fingerprint density at radius 3 is 2.57 bits per heavy atom. The van der Waals surface area contributed by atoms with Crippen molar-refractivity contribution in [3.05, 3.63) is 69.7 Å². The number of benzene rings is 1. The fourth-order valence-electron chi connectivity index (χ4n) is 5.22. The number of rotatable bonds is 12. The predicted octanol–water partition coefficient (Wildman–Crippen LogP) is 5.96. The third-order valence-electron chi connectivity index (χ3n) is 7.82. The number of aromatic nitrogens is 4. The number of ether oxygens (including phenoxy) is 3. The summed E-state index contributed by atoms with van der Waals surface area (Å²) in [7, 11) is -2.47. The molecular formula is C30H29Cl2F2N5O6S2. The van der Waals surface area contributed by atoms with Crippen molar-refractivity contribution in [3.8, 4) is 11.5 Å². The molecule has 0 spiro atoms. The number of pyridine rings is 2. The Kier molecular flexibility index (Phi) is 9.81. The van der Waals surface area contributed by atoms with Crippen molar-refractivity contribution in [2.75, 3.05) is 18.9 Å². The summed E-state index contributed by atoms with van der Waals surface area (Å²) in [6, 6.07) is 5.74. The fourth-order valence-corrected chi connectivity index (χ4v) is 8.76. The molecule has 0 radical (unpaired) electrons. The molecule has 0 bridgehead atoms. The molecule has 4 heterocycles. The lowest BCUT2D eigenvalue weighted by molar-refractivity contribution is -0.150. The molecule has 3 aromatic heterocycles. The lowest BCUT2D eigenvalue weighted by atomic mass is 10.0. The van der Waals surface area contributed by atoms with E-state index in [2.05, 4.69) is 19.8 Å². The van der Waals surface area contributed by atoms with E-state index in [1.165, 1.54) is 42.9 Å². The molecule has 4 aromatic rings. The standard InChI is InChI=1S/C30H29Cl2F2N5O6S2/c1-16-20-10-19(12-36-27(20)38(2)37-16)47(41,42)39-7-8-46-28(39)29(40)44-25(11-21-22(31)13-35-14-23(21)32)18-5-6-24(45-30(33)34)26(9-18)43-15-17-3-4-17/h5-6,9-10,12-14,17,25,28,30H,3-4,7-8,11,15H2,1-2H3. The Morgan fingerprint density at radius 2 is 1.87 bits per heavy atom. The highest BCUT2D eigenvalue weighted by Gasteiger charge is 2.42. The number of sulfonamides is 1. The second-order valence-electron chi connectivity index (χ2n) is 11.1. The van der Waals surface area contributed by atoms with E-state index in [9.17, 15) is 22.0 Å². The Morgan fingerprint density at radius 1 is 1.13 bits per heavy atom. The molecule has 1 aliphatic carbocycles. The summed E-state index contributed by atoms with van der Waals surface area (Å²) in [5.74, 6) is -0.302. The Balaban J connectivity index is 1.31. The quantitative estimate of drug-likeness (QED) is 0.162. The number of alkyl halides is 2. The van der Waals surface area contributed by atoms with Crippen molar-refractivity contribution < 1.29 is 36.2 Å². The van der Waals surface area contributed by atoms with E-state index >= 15 is 0 Å². The van der Waals surface area contributed by atoms with Crippen molar-refractivity contribution >= 4 is 62.0 Å². The predicted molar refractivity (Wildman–Crippen MR) is 171 cm³/mol. The maximum absolute atomic E-state index is 13.9. The number of esters is 1. The van der Waals surface area contributed by atoms with Crippen molar-refractivity contribution in [3.63, 3.8) is 0 Å². The van der Waals surface area contributed by atoms with E-state index in [4.69, 9.17) is 32.7 Å². The number of fused-ring (bicyclic) bond motifs is 1. The first-order valence-electron chi connectivity index (χ1n) is 14.5. The zero-order valence-corrected chi connectivity index (χ0v) is 28.3. The lowest BCUT2D eigenvalue weighted by Gasteiger charge is -2.26. The van der Waals surface area contributed by atoms with Gasteiger partial charge in [0.05, 0.1) is 22.3 Å². The van der Waals surface area contributed by atoms with Gasteiger partial charge in [-0.2, -0.15) is 18.2 Å². The number of halogens is 4. The first-order chi connectivity index (χ1) is 22.4. The second kappa shape index (κ2) is 13.7. The minimum atomic E-state index is -4.18. The maximum atomic E-state index is 13.9. The van der Waals surface area contributed by atoms with Crippen molar-refractivity contribution in [2.24, 2.45) is 13.0 Å². The Hall–Kier alpha value is -3.24. The zero-order valence-electron chi connectivity index (χ0n) is 25.1. The molecule has 6 rings (SSSR count). The molecule has 250 valence electrons. The van der Waals surface area contributed by atoms with Gasteiger partial charge in [0.25, 0.3) is 0 Å². The van der Waals surface area contributed by atoms with E-state index in [1.807, 2.05) is 0 Å². The highest BCUT2D eigenvalue weighted by Crippen LogP contribution is 2.39. The van der Waals surface area contributed by atoms with Gasteiger partial charge in [0.15, 0.2) is 22.5 Å². The van der Waals surface area contributed by atoms with Crippen LogP contribution >= 0.6 is 35.0 Å². The van der Waals surface area contributed by atoms with E-state index in [0.29, 0.717) is 46.1 Å². The topological polar surface area (TPSA) is 126 Å². The largest absolute Gasteiger partial charge is 0.489 e. The molecule has 17 heteroatoms. The van der Waals surface area contributed by atoms with Gasteiger partial charge in [-0.1, -0.05) is 29.3 Å². The molecule has 2 aliphatic rings. The van der Waals surface area contributed by atoms with Crippen molar-refractivity contribution in [1.82, 2.24) is 24.1 Å². The number of aryl methyl sites for hydroxylation is 2. The fraction of sp³-hybridized carbons (Fsp3) is 0.400. The van der Waals surface area contributed by atoms with Gasteiger partial charge in [-0.25, -0.2) is 18.2 Å². The van der Waals surface area contributed by atoms with E-state index in [-0.39, 0.29) is 39.4 Å². The van der Waals surface area contributed by atoms with Crippen molar-refractivity contribution in [1.29, 1.82) is 0 Å². The van der Waals surface area contributed by atoms with E-state index < -0.39 is 34.1 Å². The Labute approximate surface area is 283 Å². The van der Waals surface area contributed by atoms with Crippen LogP contribution in [0.2, 0.25) is 10.0 Å². The van der Waals surface area contributed by atoms with Crippen LogP contribution < -0.4 is 9.47 Å². The molecule has 11 nitrogen and oxygen atoms in total. The summed E-state index contributed by atoms with van der Waals surface area (Å²) in [4.78, 5) is 22.0. The SMILES string of the molecule is Cc1nn(C)c2ncc(S(=O)(=O)N3CCSC3C(=O)OC(Cc3c(Cl)cncc3Cl)c3ccc(OC(F)F)c(OCC4CC4)c3)cc12. The summed E-state index contributed by atoms with van der Waals surface area (Å²) < 4.78 is 73.3. The highest BCUT2D eigenvalue weighted by atomic mass is 35.5. The molecular weight excluding hydrogens is 699 g/mol. The van der Waals surface area contributed by atoms with Crippen LogP contribution in [0.25, 0.3) is 11.0 Å². The van der Waals surface area contributed by atoms with Crippen LogP contribution in [0.4, 0.5) is 8.78 Å². The lowest BCUT2D eigenvalue weighted by Crippen LogP contribution is -2.40. The van der Waals surface area contributed by atoms with Crippen LogP contribution in [0, 0.1) is 12.8 Å². The number of carbonyl (C=O) groups is 1. The van der Waals surface area contributed by atoms with Gasteiger partial charge in [0, 0.05) is 49.7 Å². The Bertz CT molecular complexity index is 1910. The van der Waals surface area contributed by atoms with Gasteiger partial charge in [-0.15, -0.1) is 11.8 Å². The van der Waals surface area contributed by atoms with Gasteiger partial charge in [-0.05, 0) is 55.0 Å². The van der Waals surface area contributed by atoms with Crippen LogP contribution in [0.15, 0.2) is 47.8 Å². The summed E-state index contributed by atoms with van der Waals surface area (Å²) in [5.41, 5.74) is 1.92. The maximum Gasteiger partial charge on any atom is 0.387 e. The molecule has 0 amide bonds. The number of hydrogen-bond donors (Lipinski definition) is 0. The number of carbonyl (C=O) groups excluding carboxylic acids is 1. The number of nitrogens with zero attached hydrogens (tertiary/aromatic N) is 5. The monoisotopic (exact) mass is 727 g/mol. The molecule has 2 atom stereocenters. The number of thioether (sulfide) groups is 1. The van der Waals surface area contributed by atoms with Crippen LogP contribution in [0.1, 0.15) is 35.8 Å². The molecule has 1 aromatic carbocycles. The van der Waals surface area contributed by atoms with Crippen LogP contribution in [-0.4, -0.2) is 69.3 Å². The average Bonchev–Trinajstić information content (AvgIpc) is 3.63. The molecule has 2 fully saturated rings. The van der Waals surface area contributed by atoms with E-state index in [0.717, 1.165) is 28.9 Å². The first-order valence-corrected chi connectivity index (χ1v) is 17.8. The summed E-state index contributed by atoms with van der Waals surface area (Å²) in [6.07, 6.45) is 4.84. The molecule has 1 aliphatic heterocycles. The third kappa shape index (κ3) is 7.28. The first kappa shape index (κ1) is 33.7. The van der Waals surface area contributed by atoms with Gasteiger partial charge in [0.1, 0.15) is 11.0 Å². The minimum Gasteiger partial charge on any atom is -0.489 e. The van der Waals surface area contributed by atoms with Gasteiger partial charge in [-0.3, -0.25) is 9.67 Å². The van der Waals surface area contributed by atoms with Crippen LogP contribution in [0.5, 0.6) is 11.5 Å². The normalized spacial score (nSPS) is 17.7. The average molecular weight is 729 g/mol. The summed E-state index contributed by atoms with van der Waals surface area (Å²) in [6.45, 7) is -0.970. The van der Waals surface area contributed by atoms with E-state index in [1.54, 1.807) is 18.7 Å². The second-order valence-corrected chi connectivity index (χ2v) is 15.0. The number of hydrogen-bond acceptors (Lipinski definition) is 10. The van der Waals surface area contributed by atoms with Crippen molar-refractivity contribution in [2.45, 2.75) is 49.2 Å². The molecule has 1 saturated heterocycles. The molecule has 2 unspecified atom stereocenters. The van der Waals surface area contributed by atoms with Gasteiger partial charge in [0.2, 0.25) is 10.0 Å². The molecule has 47 heavy (non-hydrogen) atoms. The van der Waals surface area contributed by atoms with Crippen LogP contribution in [-0.2, 0) is 33.0 Å². The third-order valence-corrected chi connectivity index (χ3v) is 11.6. The minimum absolute atomic E-state index is 0.0337. The van der Waals surface area contributed by atoms with Gasteiger partial charge >= 0.3 is 12.6 Å². The van der Waals surface area contributed by atoms with Crippen LogP contribution in [0.3, 0.4) is 0 Å². The zero-order chi connectivity index (χ0) is 33.5.